The van der Waals surface area contributed by atoms with Crippen LogP contribution in [0.15, 0.2) is 61.2 Å². The summed E-state index contributed by atoms with van der Waals surface area (Å²) in [7, 11) is 0. The van der Waals surface area contributed by atoms with Crippen LogP contribution in [-0.4, -0.2) is 30.9 Å². The zero-order valence-corrected chi connectivity index (χ0v) is 22.1. The van der Waals surface area contributed by atoms with Gasteiger partial charge in [-0.3, -0.25) is 0 Å². The number of benzene rings is 2. The van der Waals surface area contributed by atoms with Crippen LogP contribution in [0, 0.1) is 0 Å². The lowest BCUT2D eigenvalue weighted by atomic mass is 10.0. The highest BCUT2D eigenvalue weighted by Crippen LogP contribution is 2.23. The number of carboxylic acids is 1. The Morgan fingerprint density at radius 3 is 1.58 bits per heavy atom. The molecule has 0 heterocycles. The Balaban J connectivity index is 1.38. The number of rotatable bonds is 22. The zero-order valence-electron chi connectivity index (χ0n) is 22.1. The standard InChI is InChI=1S/C32H46O4/c1-2-3-4-5-8-11-14-25-35-26-15-12-9-6-7-10-13-16-27-36-31-23-21-29(22-24-31)28-17-19-30(20-18-28)32(33)34/h2,17-24H,1,3-16,25-27H2,(H,33,34). The van der Waals surface area contributed by atoms with Gasteiger partial charge in [0.25, 0.3) is 0 Å². The molecule has 2 aromatic rings. The number of hydrogen-bond acceptors (Lipinski definition) is 3. The van der Waals surface area contributed by atoms with Crippen molar-refractivity contribution in [1.82, 2.24) is 0 Å². The fourth-order valence-electron chi connectivity index (χ4n) is 4.23. The molecule has 0 saturated carbocycles. The molecule has 2 rings (SSSR count). The summed E-state index contributed by atoms with van der Waals surface area (Å²) in [4.78, 5) is 11.0. The summed E-state index contributed by atoms with van der Waals surface area (Å²) < 4.78 is 11.6. The summed E-state index contributed by atoms with van der Waals surface area (Å²) in [6.07, 6.45) is 19.6. The minimum absolute atomic E-state index is 0.302. The molecule has 4 heteroatoms. The summed E-state index contributed by atoms with van der Waals surface area (Å²) in [6, 6.07) is 14.9. The second-order valence-electron chi connectivity index (χ2n) is 9.54. The number of allylic oxidation sites excluding steroid dienone is 1. The first-order chi connectivity index (χ1) is 17.7. The zero-order chi connectivity index (χ0) is 25.7. The third kappa shape index (κ3) is 13.5. The van der Waals surface area contributed by atoms with Crippen LogP contribution in [0.5, 0.6) is 5.75 Å². The lowest BCUT2D eigenvalue weighted by Crippen LogP contribution is -1.98. The molecule has 2 aromatic carbocycles. The molecular weight excluding hydrogens is 448 g/mol. The fourth-order valence-corrected chi connectivity index (χ4v) is 4.23. The van der Waals surface area contributed by atoms with Crippen molar-refractivity contribution in [3.8, 4) is 16.9 Å². The number of unbranched alkanes of at least 4 members (excludes halogenated alkanes) is 12. The van der Waals surface area contributed by atoms with Gasteiger partial charge in [-0.2, -0.15) is 0 Å². The molecule has 0 aromatic heterocycles. The Bertz CT molecular complexity index is 826. The van der Waals surface area contributed by atoms with E-state index in [2.05, 4.69) is 6.58 Å². The van der Waals surface area contributed by atoms with Crippen molar-refractivity contribution in [2.75, 3.05) is 19.8 Å². The first-order valence-electron chi connectivity index (χ1n) is 14.0. The minimum Gasteiger partial charge on any atom is -0.494 e. The first-order valence-corrected chi connectivity index (χ1v) is 14.0. The van der Waals surface area contributed by atoms with E-state index in [1.54, 1.807) is 12.1 Å². The molecule has 0 spiro atoms. The second kappa shape index (κ2) is 19.6. The third-order valence-electron chi connectivity index (χ3n) is 6.47. The van der Waals surface area contributed by atoms with Crippen molar-refractivity contribution in [3.63, 3.8) is 0 Å². The average Bonchev–Trinajstić information content (AvgIpc) is 2.90. The molecule has 0 aliphatic heterocycles. The van der Waals surface area contributed by atoms with Crippen LogP contribution in [0.3, 0.4) is 0 Å². The van der Waals surface area contributed by atoms with Gasteiger partial charge in [0, 0.05) is 13.2 Å². The highest BCUT2D eigenvalue weighted by atomic mass is 16.5. The molecule has 0 bridgehead atoms. The summed E-state index contributed by atoms with van der Waals surface area (Å²) >= 11 is 0. The van der Waals surface area contributed by atoms with Gasteiger partial charge in [0.05, 0.1) is 12.2 Å². The SMILES string of the molecule is C=CCCCCCCCOCCCCCCCCCCOc1ccc(-c2ccc(C(=O)O)cc2)cc1. The first kappa shape index (κ1) is 29.6. The molecule has 36 heavy (non-hydrogen) atoms. The molecular formula is C32H46O4. The van der Waals surface area contributed by atoms with Crippen LogP contribution in [0.2, 0.25) is 0 Å². The molecule has 1 N–H and O–H groups in total. The van der Waals surface area contributed by atoms with Gasteiger partial charge in [-0.05, 0) is 67.5 Å². The van der Waals surface area contributed by atoms with E-state index >= 15 is 0 Å². The van der Waals surface area contributed by atoms with E-state index in [0.717, 1.165) is 49.5 Å². The largest absolute Gasteiger partial charge is 0.494 e. The maximum absolute atomic E-state index is 11.0. The number of ether oxygens (including phenoxy) is 2. The van der Waals surface area contributed by atoms with Gasteiger partial charge in [0.15, 0.2) is 0 Å². The number of carboxylic acid groups (broad SMARTS) is 1. The van der Waals surface area contributed by atoms with Gasteiger partial charge >= 0.3 is 5.97 Å². The summed E-state index contributed by atoms with van der Waals surface area (Å²) in [5.41, 5.74) is 2.35. The maximum Gasteiger partial charge on any atom is 0.335 e. The van der Waals surface area contributed by atoms with E-state index in [-0.39, 0.29) is 0 Å². The smallest absolute Gasteiger partial charge is 0.335 e. The molecule has 4 nitrogen and oxygen atoms in total. The van der Waals surface area contributed by atoms with Crippen molar-refractivity contribution < 1.29 is 19.4 Å². The Hall–Kier alpha value is -2.59. The van der Waals surface area contributed by atoms with E-state index in [0.29, 0.717) is 5.56 Å². The molecule has 0 unspecified atom stereocenters. The summed E-state index contributed by atoms with van der Waals surface area (Å²) in [6.45, 7) is 6.36. The molecule has 0 amide bonds. The number of aromatic carboxylic acids is 1. The van der Waals surface area contributed by atoms with Crippen LogP contribution >= 0.6 is 0 Å². The summed E-state index contributed by atoms with van der Waals surface area (Å²) in [5, 5.41) is 9.01. The lowest BCUT2D eigenvalue weighted by molar-refractivity contribution is 0.0697. The van der Waals surface area contributed by atoms with Crippen LogP contribution in [0.4, 0.5) is 0 Å². The molecule has 0 radical (unpaired) electrons. The normalized spacial score (nSPS) is 10.9. The van der Waals surface area contributed by atoms with E-state index in [4.69, 9.17) is 14.6 Å². The fraction of sp³-hybridized carbons (Fsp3) is 0.531. The Morgan fingerprint density at radius 1 is 0.639 bits per heavy atom. The molecule has 0 saturated heterocycles. The van der Waals surface area contributed by atoms with Crippen LogP contribution in [0.1, 0.15) is 100 Å². The number of carbonyl (C=O) groups is 1. The second-order valence-corrected chi connectivity index (χ2v) is 9.54. The van der Waals surface area contributed by atoms with Crippen molar-refractivity contribution in [3.05, 3.63) is 66.7 Å². The van der Waals surface area contributed by atoms with Crippen molar-refractivity contribution in [1.29, 1.82) is 0 Å². The van der Waals surface area contributed by atoms with Gasteiger partial charge in [-0.25, -0.2) is 4.79 Å². The van der Waals surface area contributed by atoms with E-state index < -0.39 is 5.97 Å². The van der Waals surface area contributed by atoms with Gasteiger partial charge in [0.1, 0.15) is 5.75 Å². The Kier molecular flexibility index (Phi) is 16.1. The Labute approximate surface area is 218 Å². The third-order valence-corrected chi connectivity index (χ3v) is 6.47. The lowest BCUT2D eigenvalue weighted by Gasteiger charge is -2.08. The Morgan fingerprint density at radius 2 is 1.08 bits per heavy atom. The molecule has 0 aliphatic carbocycles. The molecule has 0 aliphatic rings. The predicted molar refractivity (Wildman–Crippen MR) is 150 cm³/mol. The van der Waals surface area contributed by atoms with Crippen LogP contribution < -0.4 is 4.74 Å². The summed E-state index contributed by atoms with van der Waals surface area (Å²) in [5.74, 6) is -0.0233. The molecule has 198 valence electrons. The van der Waals surface area contributed by atoms with Crippen LogP contribution in [-0.2, 0) is 4.74 Å². The number of hydrogen-bond donors (Lipinski definition) is 1. The van der Waals surface area contributed by atoms with E-state index in [9.17, 15) is 4.79 Å². The van der Waals surface area contributed by atoms with Crippen LogP contribution in [0.25, 0.3) is 11.1 Å². The minimum atomic E-state index is -0.904. The van der Waals surface area contributed by atoms with E-state index in [1.807, 2.05) is 42.5 Å². The van der Waals surface area contributed by atoms with Crippen molar-refractivity contribution in [2.24, 2.45) is 0 Å². The van der Waals surface area contributed by atoms with Crippen molar-refractivity contribution >= 4 is 5.97 Å². The highest BCUT2D eigenvalue weighted by molar-refractivity contribution is 5.88. The molecule has 0 fully saturated rings. The quantitative estimate of drug-likeness (QED) is 0.131. The molecule has 0 atom stereocenters. The highest BCUT2D eigenvalue weighted by Gasteiger charge is 2.04. The van der Waals surface area contributed by atoms with Crippen molar-refractivity contribution in [2.45, 2.75) is 89.9 Å². The van der Waals surface area contributed by atoms with E-state index in [1.165, 1.54) is 77.0 Å². The predicted octanol–water partition coefficient (Wildman–Crippen LogP) is 9.09. The maximum atomic E-state index is 11.0. The monoisotopic (exact) mass is 494 g/mol. The average molecular weight is 495 g/mol. The van der Waals surface area contributed by atoms with Gasteiger partial charge in [-0.1, -0.05) is 88.1 Å². The van der Waals surface area contributed by atoms with Gasteiger partial charge in [0.2, 0.25) is 0 Å². The van der Waals surface area contributed by atoms with Gasteiger partial charge in [-0.15, -0.1) is 6.58 Å². The topological polar surface area (TPSA) is 55.8 Å². The van der Waals surface area contributed by atoms with Gasteiger partial charge < -0.3 is 14.6 Å².